The number of carbonyl (C=O) groups excluding carboxylic acids is 1. The van der Waals surface area contributed by atoms with Gasteiger partial charge in [0.05, 0.1) is 6.42 Å². The van der Waals surface area contributed by atoms with Gasteiger partial charge in [-0.1, -0.05) is 6.92 Å². The maximum atomic E-state index is 11.9. The van der Waals surface area contributed by atoms with Crippen LogP contribution in [0.4, 0.5) is 0 Å². The van der Waals surface area contributed by atoms with E-state index in [-0.39, 0.29) is 18.4 Å². The number of nitrogens with zero attached hydrogens (tertiary/aromatic N) is 3. The molecule has 0 aromatic carbocycles. The Bertz CT molecular complexity index is 390. The molecule has 0 radical (unpaired) electrons. The molecule has 2 heterocycles. The van der Waals surface area contributed by atoms with Gasteiger partial charge in [-0.3, -0.25) is 4.79 Å². The van der Waals surface area contributed by atoms with Crippen LogP contribution in [0, 0.1) is 0 Å². The number of carbonyl (C=O) groups is 1. The number of hydrogen-bond donors (Lipinski definition) is 1. The van der Waals surface area contributed by atoms with Gasteiger partial charge in [-0.15, -0.1) is 0 Å². The molecule has 1 aromatic rings. The molecule has 0 unspecified atom stereocenters. The van der Waals surface area contributed by atoms with Crippen molar-refractivity contribution >= 4 is 5.91 Å². The summed E-state index contributed by atoms with van der Waals surface area (Å²) in [5.74, 6) is 0.662. The van der Waals surface area contributed by atoms with E-state index in [0.29, 0.717) is 12.4 Å². The van der Waals surface area contributed by atoms with E-state index >= 15 is 0 Å². The van der Waals surface area contributed by atoms with Crippen molar-refractivity contribution in [3.05, 3.63) is 23.8 Å². The zero-order chi connectivity index (χ0) is 12.3. The van der Waals surface area contributed by atoms with E-state index in [1.54, 1.807) is 17.3 Å². The van der Waals surface area contributed by atoms with Crippen LogP contribution in [-0.4, -0.2) is 39.9 Å². The predicted octanol–water partition coefficient (Wildman–Crippen LogP) is 0.141. The Labute approximate surface area is 101 Å². The highest BCUT2D eigenvalue weighted by Gasteiger charge is 2.23. The quantitative estimate of drug-likeness (QED) is 0.807. The highest BCUT2D eigenvalue weighted by Crippen LogP contribution is 2.08. The van der Waals surface area contributed by atoms with Crippen LogP contribution < -0.4 is 5.73 Å². The number of nitrogens with two attached hydrogens (primary N) is 1. The zero-order valence-electron chi connectivity index (χ0n) is 10.1. The maximum Gasteiger partial charge on any atom is 0.230 e. The Morgan fingerprint density at radius 1 is 1.53 bits per heavy atom. The second kappa shape index (κ2) is 5.23. The molecular weight excluding hydrogens is 216 g/mol. The zero-order valence-corrected chi connectivity index (χ0v) is 10.1. The largest absolute Gasteiger partial charge is 0.341 e. The minimum Gasteiger partial charge on any atom is -0.341 e. The van der Waals surface area contributed by atoms with Gasteiger partial charge in [-0.25, -0.2) is 9.97 Å². The fourth-order valence-corrected chi connectivity index (χ4v) is 1.92. The van der Waals surface area contributed by atoms with Crippen LogP contribution in [0.2, 0.25) is 0 Å². The maximum absolute atomic E-state index is 11.9. The molecule has 0 saturated carbocycles. The Morgan fingerprint density at radius 2 is 2.24 bits per heavy atom. The molecule has 0 aliphatic carbocycles. The molecule has 5 nitrogen and oxygen atoms in total. The Morgan fingerprint density at radius 3 is 2.76 bits per heavy atom. The van der Waals surface area contributed by atoms with Gasteiger partial charge in [0, 0.05) is 31.5 Å². The second-order valence-electron chi connectivity index (χ2n) is 4.43. The molecule has 2 N–H and O–H groups in total. The third kappa shape index (κ3) is 3.00. The van der Waals surface area contributed by atoms with Crippen LogP contribution in [0.25, 0.3) is 0 Å². The van der Waals surface area contributed by atoms with Gasteiger partial charge in [0.15, 0.2) is 0 Å². The average molecular weight is 234 g/mol. The van der Waals surface area contributed by atoms with Crippen molar-refractivity contribution in [3.8, 4) is 0 Å². The van der Waals surface area contributed by atoms with E-state index in [9.17, 15) is 4.79 Å². The molecule has 92 valence electrons. The second-order valence-corrected chi connectivity index (χ2v) is 4.43. The number of aromatic nitrogens is 2. The summed E-state index contributed by atoms with van der Waals surface area (Å²) in [6, 6.07) is 0.127. The van der Waals surface area contributed by atoms with Crippen molar-refractivity contribution in [3.63, 3.8) is 0 Å². The molecule has 5 heteroatoms. The molecule has 1 aliphatic rings. The molecule has 1 amide bonds. The Balaban J connectivity index is 1.93. The average Bonchev–Trinajstić information content (AvgIpc) is 2.77. The normalized spacial score (nSPS) is 19.6. The summed E-state index contributed by atoms with van der Waals surface area (Å²) in [5.41, 5.74) is 6.86. The summed E-state index contributed by atoms with van der Waals surface area (Å²) in [6.07, 6.45) is 5.64. The molecule has 2 rings (SSSR count). The third-order valence-corrected chi connectivity index (χ3v) is 3.05. The van der Waals surface area contributed by atoms with Crippen LogP contribution in [0.3, 0.4) is 0 Å². The summed E-state index contributed by atoms with van der Waals surface area (Å²) in [7, 11) is 0. The number of likely N-dealkylation sites (tertiary alicyclic amines) is 1. The van der Waals surface area contributed by atoms with Crippen LogP contribution >= 0.6 is 0 Å². The van der Waals surface area contributed by atoms with Crippen molar-refractivity contribution in [2.45, 2.75) is 32.2 Å². The number of hydrogen-bond acceptors (Lipinski definition) is 4. The van der Waals surface area contributed by atoms with Crippen LogP contribution in [0.15, 0.2) is 12.4 Å². The Hall–Kier alpha value is -1.49. The van der Waals surface area contributed by atoms with E-state index < -0.39 is 0 Å². The Kier molecular flexibility index (Phi) is 3.68. The molecule has 1 aliphatic heterocycles. The first-order valence-corrected chi connectivity index (χ1v) is 6.02. The highest BCUT2D eigenvalue weighted by atomic mass is 16.2. The summed E-state index contributed by atoms with van der Waals surface area (Å²) in [5, 5.41) is 0. The van der Waals surface area contributed by atoms with E-state index in [0.717, 1.165) is 24.9 Å². The summed E-state index contributed by atoms with van der Waals surface area (Å²) in [4.78, 5) is 22.1. The van der Waals surface area contributed by atoms with Gasteiger partial charge in [-0.2, -0.15) is 0 Å². The number of rotatable bonds is 3. The van der Waals surface area contributed by atoms with Crippen molar-refractivity contribution < 1.29 is 4.79 Å². The van der Waals surface area contributed by atoms with E-state index in [1.807, 2.05) is 0 Å². The molecular formula is C12H18N4O. The minimum absolute atomic E-state index is 0.0715. The smallest absolute Gasteiger partial charge is 0.230 e. The van der Waals surface area contributed by atoms with E-state index in [2.05, 4.69) is 16.9 Å². The molecule has 0 spiro atoms. The fraction of sp³-hybridized carbons (Fsp3) is 0.583. The van der Waals surface area contributed by atoms with Crippen LogP contribution in [-0.2, 0) is 17.6 Å². The highest BCUT2D eigenvalue weighted by molar-refractivity contribution is 5.78. The van der Waals surface area contributed by atoms with Gasteiger partial charge >= 0.3 is 0 Å². The van der Waals surface area contributed by atoms with Gasteiger partial charge in [-0.05, 0) is 18.4 Å². The van der Waals surface area contributed by atoms with E-state index in [1.165, 1.54) is 0 Å². The van der Waals surface area contributed by atoms with Crippen molar-refractivity contribution in [1.82, 2.24) is 14.9 Å². The van der Waals surface area contributed by atoms with Gasteiger partial charge < -0.3 is 10.6 Å². The van der Waals surface area contributed by atoms with Crippen molar-refractivity contribution in [1.29, 1.82) is 0 Å². The van der Waals surface area contributed by atoms with Gasteiger partial charge in [0.25, 0.3) is 0 Å². The lowest BCUT2D eigenvalue weighted by molar-refractivity contribution is -0.129. The monoisotopic (exact) mass is 234 g/mol. The molecule has 1 atom stereocenters. The number of aryl methyl sites for hydroxylation is 1. The SMILES string of the molecule is CCc1cnc(CC(=O)N2CC[C@H](N)C2)nc1. The first-order valence-electron chi connectivity index (χ1n) is 6.02. The first kappa shape index (κ1) is 12.0. The molecule has 1 fully saturated rings. The fourth-order valence-electron chi connectivity index (χ4n) is 1.92. The molecule has 1 aromatic heterocycles. The van der Waals surface area contributed by atoms with Crippen molar-refractivity contribution in [2.24, 2.45) is 5.73 Å². The number of amides is 1. The molecule has 0 bridgehead atoms. The van der Waals surface area contributed by atoms with E-state index in [4.69, 9.17) is 5.73 Å². The molecule has 17 heavy (non-hydrogen) atoms. The first-order chi connectivity index (χ1) is 8.19. The molecule has 1 saturated heterocycles. The van der Waals surface area contributed by atoms with Gasteiger partial charge in [0.1, 0.15) is 5.82 Å². The summed E-state index contributed by atoms with van der Waals surface area (Å²) in [6.45, 7) is 3.47. The predicted molar refractivity (Wildman–Crippen MR) is 64.3 cm³/mol. The van der Waals surface area contributed by atoms with Crippen molar-refractivity contribution in [2.75, 3.05) is 13.1 Å². The lowest BCUT2D eigenvalue weighted by Crippen LogP contribution is -2.33. The standard InChI is InChI=1S/C12H18N4O/c1-2-9-6-14-11(15-7-9)5-12(17)16-4-3-10(13)8-16/h6-7,10H,2-5,8,13H2,1H3/t10-/m0/s1. The van der Waals surface area contributed by atoms with Crippen LogP contribution in [0.1, 0.15) is 24.7 Å². The van der Waals surface area contributed by atoms with Gasteiger partial charge in [0.2, 0.25) is 5.91 Å². The summed E-state index contributed by atoms with van der Waals surface area (Å²) < 4.78 is 0. The van der Waals surface area contributed by atoms with Crippen LogP contribution in [0.5, 0.6) is 0 Å². The topological polar surface area (TPSA) is 72.1 Å². The summed E-state index contributed by atoms with van der Waals surface area (Å²) >= 11 is 0. The lowest BCUT2D eigenvalue weighted by atomic mass is 10.2. The minimum atomic E-state index is 0.0715. The lowest BCUT2D eigenvalue weighted by Gasteiger charge is -2.14. The third-order valence-electron chi connectivity index (χ3n) is 3.05.